The molecule has 1 aromatic rings. The molecule has 0 atom stereocenters. The minimum atomic E-state index is -4.53. The van der Waals surface area contributed by atoms with E-state index in [0.29, 0.717) is 6.07 Å². The van der Waals surface area contributed by atoms with E-state index in [1.165, 1.54) is 6.07 Å². The molecule has 1 heterocycles. The number of aliphatic hydroxyl groups excluding tert-OH is 1. The van der Waals surface area contributed by atoms with Crippen LogP contribution in [0.5, 0.6) is 0 Å². The van der Waals surface area contributed by atoms with Gasteiger partial charge in [0.15, 0.2) is 0 Å². The van der Waals surface area contributed by atoms with Crippen molar-refractivity contribution in [3.8, 4) is 0 Å². The fourth-order valence-corrected chi connectivity index (χ4v) is 1.01. The van der Waals surface area contributed by atoms with Crippen molar-refractivity contribution < 1.29 is 18.3 Å². The third kappa shape index (κ3) is 2.57. The Morgan fingerprint density at radius 3 is 2.46 bits per heavy atom. The number of hydrogen-bond acceptors (Lipinski definition) is 2. The third-order valence-electron chi connectivity index (χ3n) is 1.30. The zero-order chi connectivity index (χ0) is 10.1. The van der Waals surface area contributed by atoms with Crippen molar-refractivity contribution in [2.24, 2.45) is 0 Å². The third-order valence-corrected chi connectivity index (χ3v) is 1.51. The molecular formula is C7H5ClF3NO. The molecule has 0 unspecified atom stereocenters. The van der Waals surface area contributed by atoms with E-state index in [2.05, 4.69) is 4.98 Å². The van der Waals surface area contributed by atoms with Crippen LogP contribution in [-0.2, 0) is 12.8 Å². The minimum Gasteiger partial charge on any atom is -0.390 e. The van der Waals surface area contributed by atoms with Crippen LogP contribution in [0, 0.1) is 0 Å². The van der Waals surface area contributed by atoms with Crippen LogP contribution in [0.1, 0.15) is 11.4 Å². The van der Waals surface area contributed by atoms with E-state index in [4.69, 9.17) is 16.7 Å². The Hall–Kier alpha value is -0.810. The molecule has 6 heteroatoms. The zero-order valence-corrected chi connectivity index (χ0v) is 7.02. The lowest BCUT2D eigenvalue weighted by molar-refractivity contribution is -0.141. The number of alkyl halides is 3. The summed E-state index contributed by atoms with van der Waals surface area (Å²) in [5.74, 6) is 0. The monoisotopic (exact) mass is 211 g/mol. The lowest BCUT2D eigenvalue weighted by Crippen LogP contribution is -2.09. The van der Waals surface area contributed by atoms with Gasteiger partial charge in [-0.15, -0.1) is 0 Å². The molecule has 0 fully saturated rings. The van der Waals surface area contributed by atoms with Crippen molar-refractivity contribution in [3.63, 3.8) is 0 Å². The molecule has 0 saturated heterocycles. The van der Waals surface area contributed by atoms with E-state index in [9.17, 15) is 13.2 Å². The highest BCUT2D eigenvalue weighted by atomic mass is 35.5. The first-order valence-corrected chi connectivity index (χ1v) is 3.66. The van der Waals surface area contributed by atoms with Gasteiger partial charge in [-0.1, -0.05) is 11.6 Å². The molecule has 72 valence electrons. The summed E-state index contributed by atoms with van der Waals surface area (Å²) in [6.45, 7) is -0.566. The van der Waals surface area contributed by atoms with Gasteiger partial charge < -0.3 is 5.11 Å². The second kappa shape index (κ2) is 3.51. The standard InChI is InChI=1S/C7H5ClF3NO/c8-4-1-5(3-13)12-6(2-4)7(9,10)11/h1-2,13H,3H2. The van der Waals surface area contributed by atoms with Gasteiger partial charge in [-0.3, -0.25) is 0 Å². The largest absolute Gasteiger partial charge is 0.433 e. The van der Waals surface area contributed by atoms with Gasteiger partial charge in [0.25, 0.3) is 0 Å². The molecule has 0 aromatic carbocycles. The SMILES string of the molecule is OCc1cc(Cl)cc(C(F)(F)F)n1. The van der Waals surface area contributed by atoms with Crippen molar-refractivity contribution >= 4 is 11.6 Å². The Morgan fingerprint density at radius 1 is 1.38 bits per heavy atom. The van der Waals surface area contributed by atoms with Crippen molar-refractivity contribution in [2.45, 2.75) is 12.8 Å². The fourth-order valence-electron chi connectivity index (χ4n) is 0.777. The maximum atomic E-state index is 12.1. The Labute approximate surface area is 77.0 Å². The van der Waals surface area contributed by atoms with Crippen LogP contribution in [0.15, 0.2) is 12.1 Å². The highest BCUT2D eigenvalue weighted by Gasteiger charge is 2.32. The highest BCUT2D eigenvalue weighted by Crippen LogP contribution is 2.29. The number of nitrogens with zero attached hydrogens (tertiary/aromatic N) is 1. The van der Waals surface area contributed by atoms with Crippen molar-refractivity contribution in [1.29, 1.82) is 0 Å². The number of aliphatic hydroxyl groups is 1. The number of hydrogen-bond donors (Lipinski definition) is 1. The van der Waals surface area contributed by atoms with Crippen molar-refractivity contribution in [3.05, 3.63) is 28.5 Å². The maximum Gasteiger partial charge on any atom is 0.433 e. The second-order valence-electron chi connectivity index (χ2n) is 2.32. The van der Waals surface area contributed by atoms with Gasteiger partial charge in [0.05, 0.1) is 12.3 Å². The van der Waals surface area contributed by atoms with Gasteiger partial charge in [0, 0.05) is 5.02 Å². The van der Waals surface area contributed by atoms with E-state index in [1.54, 1.807) is 0 Å². The van der Waals surface area contributed by atoms with Crippen molar-refractivity contribution in [2.75, 3.05) is 0 Å². The van der Waals surface area contributed by atoms with Gasteiger partial charge in [-0.05, 0) is 12.1 Å². The fraction of sp³-hybridized carbons (Fsp3) is 0.286. The first-order chi connectivity index (χ1) is 5.93. The lowest BCUT2D eigenvalue weighted by Gasteiger charge is -2.07. The first kappa shape index (κ1) is 10.3. The predicted octanol–water partition coefficient (Wildman–Crippen LogP) is 2.25. The molecule has 1 rings (SSSR count). The molecule has 0 aliphatic rings. The molecule has 2 nitrogen and oxygen atoms in total. The summed E-state index contributed by atoms with van der Waals surface area (Å²) in [6, 6.07) is 1.89. The number of aromatic nitrogens is 1. The first-order valence-electron chi connectivity index (χ1n) is 3.28. The molecule has 0 amide bonds. The molecule has 0 aliphatic carbocycles. The average molecular weight is 212 g/mol. The summed E-state index contributed by atoms with van der Waals surface area (Å²) < 4.78 is 36.2. The second-order valence-corrected chi connectivity index (χ2v) is 2.75. The van der Waals surface area contributed by atoms with E-state index < -0.39 is 18.5 Å². The zero-order valence-electron chi connectivity index (χ0n) is 6.27. The van der Waals surface area contributed by atoms with Crippen LogP contribution in [-0.4, -0.2) is 10.1 Å². The van der Waals surface area contributed by atoms with Gasteiger partial charge in [-0.25, -0.2) is 4.98 Å². The van der Waals surface area contributed by atoms with Crippen LogP contribution in [0.3, 0.4) is 0 Å². The average Bonchev–Trinajstić information content (AvgIpc) is 2.01. The van der Waals surface area contributed by atoms with Gasteiger partial charge >= 0.3 is 6.18 Å². The van der Waals surface area contributed by atoms with Crippen LogP contribution in [0.4, 0.5) is 13.2 Å². The number of pyridine rings is 1. The predicted molar refractivity (Wildman–Crippen MR) is 40.2 cm³/mol. The van der Waals surface area contributed by atoms with Crippen LogP contribution >= 0.6 is 11.6 Å². The van der Waals surface area contributed by atoms with Crippen molar-refractivity contribution in [1.82, 2.24) is 4.98 Å². The summed E-state index contributed by atoms with van der Waals surface area (Å²) >= 11 is 5.38. The molecule has 0 aliphatic heterocycles. The van der Waals surface area contributed by atoms with Crippen LogP contribution in [0.2, 0.25) is 5.02 Å². The Bertz CT molecular complexity index is 313. The number of halogens is 4. The molecule has 0 saturated carbocycles. The quantitative estimate of drug-likeness (QED) is 0.773. The molecular weight excluding hydrogens is 207 g/mol. The summed E-state index contributed by atoms with van der Waals surface area (Å²) in [6.07, 6.45) is -4.53. The molecule has 1 N–H and O–H groups in total. The van der Waals surface area contributed by atoms with Gasteiger partial charge in [-0.2, -0.15) is 13.2 Å². The topological polar surface area (TPSA) is 33.1 Å². The van der Waals surface area contributed by atoms with Crippen LogP contribution in [0.25, 0.3) is 0 Å². The Kier molecular flexibility index (Phi) is 2.77. The smallest absolute Gasteiger partial charge is 0.390 e. The Morgan fingerprint density at radius 2 is 2.00 bits per heavy atom. The van der Waals surface area contributed by atoms with E-state index >= 15 is 0 Å². The summed E-state index contributed by atoms with van der Waals surface area (Å²) in [4.78, 5) is 3.16. The highest BCUT2D eigenvalue weighted by molar-refractivity contribution is 6.30. The molecule has 0 spiro atoms. The number of rotatable bonds is 1. The lowest BCUT2D eigenvalue weighted by atomic mass is 10.3. The van der Waals surface area contributed by atoms with E-state index in [-0.39, 0.29) is 10.7 Å². The maximum absolute atomic E-state index is 12.1. The minimum absolute atomic E-state index is 0.0913. The summed E-state index contributed by atoms with van der Waals surface area (Å²) in [5.41, 5.74) is -1.19. The molecule has 13 heavy (non-hydrogen) atoms. The van der Waals surface area contributed by atoms with E-state index in [1.807, 2.05) is 0 Å². The normalized spacial score (nSPS) is 11.8. The summed E-state index contributed by atoms with van der Waals surface area (Å²) in [5, 5.41) is 8.47. The molecule has 1 aromatic heterocycles. The molecule has 0 bridgehead atoms. The Balaban J connectivity index is 3.16. The van der Waals surface area contributed by atoms with Crippen LogP contribution < -0.4 is 0 Å². The van der Waals surface area contributed by atoms with Gasteiger partial charge in [0.2, 0.25) is 0 Å². The molecule has 0 radical (unpaired) electrons. The van der Waals surface area contributed by atoms with E-state index in [0.717, 1.165) is 0 Å². The summed E-state index contributed by atoms with van der Waals surface area (Å²) in [7, 11) is 0. The van der Waals surface area contributed by atoms with Gasteiger partial charge in [0.1, 0.15) is 5.69 Å².